The molecular formula is C15H19FN2O7. The Balaban J connectivity index is 2.43. The molecule has 0 spiro atoms. The minimum absolute atomic E-state index is 0.0650. The first-order chi connectivity index (χ1) is 11.7. The summed E-state index contributed by atoms with van der Waals surface area (Å²) in [5.41, 5.74) is -3.53. The zero-order valence-electron chi connectivity index (χ0n) is 14.0. The number of H-pyrrole nitrogens is 1. The number of nitrogens with zero attached hydrogens (tertiary/aromatic N) is 1. The first-order valence-electron chi connectivity index (χ1n) is 7.74. The van der Waals surface area contributed by atoms with E-state index in [1.165, 1.54) is 6.92 Å². The van der Waals surface area contributed by atoms with E-state index < -0.39 is 46.8 Å². The predicted octanol–water partition coefficient (Wildman–Crippen LogP) is 0.0957. The molecule has 1 aromatic rings. The third-order valence-corrected chi connectivity index (χ3v) is 3.95. The second-order valence-electron chi connectivity index (χ2n) is 5.71. The molecule has 1 fully saturated rings. The average molecular weight is 358 g/mol. The number of ether oxygens (including phenoxy) is 3. The Bertz CT molecular complexity index is 787. The Morgan fingerprint density at radius 1 is 1.36 bits per heavy atom. The number of carbonyl (C=O) groups excluding carboxylic acids is 2. The third kappa shape index (κ3) is 3.48. The van der Waals surface area contributed by atoms with Crippen LogP contribution in [-0.4, -0.2) is 40.8 Å². The Morgan fingerprint density at radius 3 is 2.60 bits per heavy atom. The highest BCUT2D eigenvalue weighted by molar-refractivity contribution is 5.87. The van der Waals surface area contributed by atoms with Gasteiger partial charge in [0.1, 0.15) is 11.6 Å². The van der Waals surface area contributed by atoms with Crippen LogP contribution in [-0.2, 0) is 23.8 Å². The van der Waals surface area contributed by atoms with Crippen LogP contribution in [0.4, 0.5) is 4.39 Å². The normalized spacial score (nSPS) is 25.6. The highest BCUT2D eigenvalue weighted by Crippen LogP contribution is 2.44. The van der Waals surface area contributed by atoms with Gasteiger partial charge in [-0.3, -0.25) is 19.1 Å². The van der Waals surface area contributed by atoms with Crippen molar-refractivity contribution in [3.05, 3.63) is 32.9 Å². The van der Waals surface area contributed by atoms with Crippen LogP contribution in [0.15, 0.2) is 15.8 Å². The Labute approximate surface area is 141 Å². The van der Waals surface area contributed by atoms with E-state index in [4.69, 9.17) is 14.2 Å². The molecule has 3 atom stereocenters. The summed E-state index contributed by atoms with van der Waals surface area (Å²) in [6, 6.07) is 0. The second-order valence-corrected chi connectivity index (χ2v) is 5.71. The molecule has 1 unspecified atom stereocenters. The van der Waals surface area contributed by atoms with Crippen molar-refractivity contribution in [2.24, 2.45) is 5.41 Å². The highest BCUT2D eigenvalue weighted by atomic mass is 19.1. The molecule has 2 heterocycles. The number of hydrogen-bond donors (Lipinski definition) is 1. The lowest BCUT2D eigenvalue weighted by atomic mass is 9.82. The number of carbonyl (C=O) groups is 2. The van der Waals surface area contributed by atoms with Crippen molar-refractivity contribution in [1.82, 2.24) is 9.55 Å². The summed E-state index contributed by atoms with van der Waals surface area (Å²) in [7, 11) is 0. The molecule has 0 bridgehead atoms. The Morgan fingerprint density at radius 2 is 2.00 bits per heavy atom. The predicted molar refractivity (Wildman–Crippen MR) is 81.2 cm³/mol. The molecule has 1 saturated heterocycles. The molecule has 1 aromatic heterocycles. The van der Waals surface area contributed by atoms with Gasteiger partial charge in [0.2, 0.25) is 5.82 Å². The molecule has 2 rings (SSSR count). The molecule has 0 radical (unpaired) electrons. The van der Waals surface area contributed by atoms with Gasteiger partial charge >= 0.3 is 17.6 Å². The summed E-state index contributed by atoms with van der Waals surface area (Å²) in [6.45, 7) is 4.79. The average Bonchev–Trinajstić information content (AvgIpc) is 2.90. The molecule has 0 saturated carbocycles. The summed E-state index contributed by atoms with van der Waals surface area (Å²) in [5.74, 6) is -2.69. The maximum absolute atomic E-state index is 13.5. The van der Waals surface area contributed by atoms with Crippen LogP contribution in [0.25, 0.3) is 0 Å². The summed E-state index contributed by atoms with van der Waals surface area (Å²) in [6.07, 6.45) is -1.95. The lowest BCUT2D eigenvalue weighted by molar-refractivity contribution is -0.172. The smallest absolute Gasteiger partial charge is 0.336 e. The molecule has 9 nitrogen and oxygen atoms in total. The minimum atomic E-state index is -1.43. The molecule has 1 aliphatic heterocycles. The van der Waals surface area contributed by atoms with E-state index in [9.17, 15) is 23.6 Å². The number of aromatic amines is 1. The fraction of sp³-hybridized carbons (Fsp3) is 0.600. The van der Waals surface area contributed by atoms with Crippen molar-refractivity contribution in [2.75, 3.05) is 13.2 Å². The summed E-state index contributed by atoms with van der Waals surface area (Å²) >= 11 is 0. The van der Waals surface area contributed by atoms with Crippen molar-refractivity contribution in [3.8, 4) is 0 Å². The standard InChI is InChI=1S/C15H19FN2O7/c1-4-23-12(20)10-15(3,13(21)24-5-2)6-9(25-10)18-7-8(16)11(19)17-14(18)22/h7,9-10H,4-6H2,1-3H3,(H,17,19,22)/t9-,10+,15?/m0/s1. The van der Waals surface area contributed by atoms with Gasteiger partial charge in [-0.2, -0.15) is 4.39 Å². The van der Waals surface area contributed by atoms with Crippen LogP contribution in [0.5, 0.6) is 0 Å². The molecule has 0 amide bonds. The number of halogens is 1. The van der Waals surface area contributed by atoms with Gasteiger partial charge in [0.05, 0.1) is 19.4 Å². The molecule has 1 N–H and O–H groups in total. The fourth-order valence-electron chi connectivity index (χ4n) is 2.68. The third-order valence-electron chi connectivity index (χ3n) is 3.95. The summed E-state index contributed by atoms with van der Waals surface area (Å²) in [4.78, 5) is 49.4. The Hall–Kier alpha value is -2.49. The highest BCUT2D eigenvalue weighted by Gasteiger charge is 2.56. The monoisotopic (exact) mass is 358 g/mol. The van der Waals surface area contributed by atoms with Crippen LogP contribution in [0.2, 0.25) is 0 Å². The van der Waals surface area contributed by atoms with Crippen LogP contribution in [0.3, 0.4) is 0 Å². The van der Waals surface area contributed by atoms with Gasteiger partial charge in [-0.15, -0.1) is 0 Å². The van der Waals surface area contributed by atoms with Crippen molar-refractivity contribution in [1.29, 1.82) is 0 Å². The molecule has 0 aliphatic carbocycles. The van der Waals surface area contributed by atoms with Crippen molar-refractivity contribution < 1.29 is 28.2 Å². The van der Waals surface area contributed by atoms with Gasteiger partial charge in [-0.1, -0.05) is 0 Å². The van der Waals surface area contributed by atoms with E-state index in [1.54, 1.807) is 18.8 Å². The van der Waals surface area contributed by atoms with E-state index in [1.807, 2.05) is 0 Å². The maximum atomic E-state index is 13.5. The zero-order valence-corrected chi connectivity index (χ0v) is 14.0. The van der Waals surface area contributed by atoms with E-state index in [2.05, 4.69) is 0 Å². The maximum Gasteiger partial charge on any atom is 0.336 e. The topological polar surface area (TPSA) is 117 Å². The first kappa shape index (κ1) is 18.8. The van der Waals surface area contributed by atoms with Gasteiger partial charge in [-0.25, -0.2) is 9.59 Å². The number of nitrogens with one attached hydrogen (secondary N) is 1. The second kappa shape index (κ2) is 7.18. The summed E-state index contributed by atoms with van der Waals surface area (Å²) < 4.78 is 29.7. The van der Waals surface area contributed by atoms with Gasteiger partial charge in [-0.05, 0) is 20.8 Å². The Kier molecular flexibility index (Phi) is 5.41. The van der Waals surface area contributed by atoms with E-state index in [-0.39, 0.29) is 19.6 Å². The minimum Gasteiger partial charge on any atom is -0.465 e. The van der Waals surface area contributed by atoms with Gasteiger partial charge in [0, 0.05) is 6.42 Å². The number of hydrogen-bond acceptors (Lipinski definition) is 7. The number of aromatic nitrogens is 2. The van der Waals surface area contributed by atoms with E-state index in [0.717, 1.165) is 4.57 Å². The molecule has 10 heteroatoms. The summed E-state index contributed by atoms with van der Waals surface area (Å²) in [5, 5.41) is 0. The number of rotatable bonds is 5. The molecular weight excluding hydrogens is 339 g/mol. The van der Waals surface area contributed by atoms with Crippen LogP contribution >= 0.6 is 0 Å². The quantitative estimate of drug-likeness (QED) is 0.742. The fourth-order valence-corrected chi connectivity index (χ4v) is 2.68. The molecule has 138 valence electrons. The van der Waals surface area contributed by atoms with Gasteiger partial charge in [0.15, 0.2) is 6.10 Å². The van der Waals surface area contributed by atoms with Crippen LogP contribution in [0, 0.1) is 11.2 Å². The lowest BCUT2D eigenvalue weighted by Crippen LogP contribution is -2.43. The number of esters is 2. The zero-order chi connectivity index (χ0) is 18.8. The van der Waals surface area contributed by atoms with Crippen LogP contribution < -0.4 is 11.2 Å². The lowest BCUT2D eigenvalue weighted by Gasteiger charge is -2.25. The molecule has 1 aliphatic rings. The molecule has 25 heavy (non-hydrogen) atoms. The van der Waals surface area contributed by atoms with Crippen LogP contribution in [0.1, 0.15) is 33.4 Å². The molecule has 0 aromatic carbocycles. The SMILES string of the molecule is CCOC(=O)[C@H]1O[C@H](n2cc(F)c(=O)[nH]c2=O)CC1(C)C(=O)OCC. The largest absolute Gasteiger partial charge is 0.465 e. The van der Waals surface area contributed by atoms with Crippen molar-refractivity contribution in [3.63, 3.8) is 0 Å². The van der Waals surface area contributed by atoms with E-state index in [0.29, 0.717) is 6.20 Å². The first-order valence-corrected chi connectivity index (χ1v) is 7.74. The van der Waals surface area contributed by atoms with Gasteiger partial charge < -0.3 is 14.2 Å². The van der Waals surface area contributed by atoms with Crippen molar-refractivity contribution >= 4 is 11.9 Å². The van der Waals surface area contributed by atoms with Crippen molar-refractivity contribution in [2.45, 2.75) is 39.5 Å². The van der Waals surface area contributed by atoms with E-state index >= 15 is 0 Å². The van der Waals surface area contributed by atoms with Gasteiger partial charge in [0.25, 0.3) is 5.56 Å².